The second kappa shape index (κ2) is 7.85. The molecule has 1 amide bonds. The van der Waals surface area contributed by atoms with Gasteiger partial charge in [0.2, 0.25) is 0 Å². The maximum atomic E-state index is 12.0. The summed E-state index contributed by atoms with van der Waals surface area (Å²) in [5.41, 5.74) is 3.49. The van der Waals surface area contributed by atoms with Gasteiger partial charge in [0, 0.05) is 5.56 Å². The van der Waals surface area contributed by atoms with Crippen LogP contribution in [-0.4, -0.2) is 26.3 Å². The average Bonchev–Trinajstić information content (AvgIpc) is 2.54. The van der Waals surface area contributed by atoms with Crippen LogP contribution in [0.4, 0.5) is 0 Å². The van der Waals surface area contributed by atoms with Gasteiger partial charge in [-0.1, -0.05) is 29.3 Å². The largest absolute Gasteiger partial charge is 0.497 e. The lowest BCUT2D eigenvalue weighted by Gasteiger charge is -2.06. The molecular formula is C16H14Cl2N2O3. The summed E-state index contributed by atoms with van der Waals surface area (Å²) in [6, 6.07) is 10.0. The number of hydrogen-bond acceptors (Lipinski definition) is 4. The minimum absolute atomic E-state index is 0.356. The molecule has 0 aromatic heterocycles. The van der Waals surface area contributed by atoms with E-state index < -0.39 is 0 Å². The Bertz CT molecular complexity index is 725. The lowest BCUT2D eigenvalue weighted by molar-refractivity contribution is 0.0955. The monoisotopic (exact) mass is 352 g/mol. The molecule has 2 rings (SSSR count). The van der Waals surface area contributed by atoms with Crippen LogP contribution in [0.3, 0.4) is 0 Å². The Balaban J connectivity index is 2.08. The number of nitrogens with zero attached hydrogens (tertiary/aromatic N) is 1. The Hall–Kier alpha value is -2.24. The molecule has 0 bridgehead atoms. The van der Waals surface area contributed by atoms with Crippen molar-refractivity contribution >= 4 is 35.3 Å². The average molecular weight is 353 g/mol. The highest BCUT2D eigenvalue weighted by Gasteiger charge is 2.08. The summed E-state index contributed by atoms with van der Waals surface area (Å²) in [4.78, 5) is 12.0. The Labute approximate surface area is 143 Å². The highest BCUT2D eigenvalue weighted by atomic mass is 35.5. The van der Waals surface area contributed by atoms with Crippen molar-refractivity contribution in [1.82, 2.24) is 5.43 Å². The quantitative estimate of drug-likeness (QED) is 0.658. The van der Waals surface area contributed by atoms with Gasteiger partial charge in [-0.15, -0.1) is 0 Å². The Morgan fingerprint density at radius 2 is 1.83 bits per heavy atom. The van der Waals surface area contributed by atoms with Gasteiger partial charge in [0.25, 0.3) is 5.91 Å². The van der Waals surface area contributed by atoms with Gasteiger partial charge in [-0.2, -0.15) is 5.10 Å². The van der Waals surface area contributed by atoms with Gasteiger partial charge in [0.05, 0.1) is 30.5 Å². The number of ether oxygens (including phenoxy) is 2. The molecule has 0 fully saturated rings. The first-order chi connectivity index (χ1) is 11.0. The van der Waals surface area contributed by atoms with Crippen molar-refractivity contribution in [3.63, 3.8) is 0 Å². The smallest absolute Gasteiger partial charge is 0.271 e. The van der Waals surface area contributed by atoms with Gasteiger partial charge < -0.3 is 9.47 Å². The fourth-order valence-corrected chi connectivity index (χ4v) is 2.50. The van der Waals surface area contributed by atoms with Gasteiger partial charge in [-0.3, -0.25) is 4.79 Å². The summed E-state index contributed by atoms with van der Waals surface area (Å²) in [5.74, 6) is 0.632. The zero-order chi connectivity index (χ0) is 16.8. The Kier molecular flexibility index (Phi) is 5.84. The van der Waals surface area contributed by atoms with Crippen LogP contribution < -0.4 is 14.9 Å². The van der Waals surface area contributed by atoms with E-state index in [1.54, 1.807) is 36.4 Å². The van der Waals surface area contributed by atoms with E-state index in [9.17, 15) is 4.79 Å². The minimum atomic E-state index is -0.356. The number of amides is 1. The zero-order valence-electron chi connectivity index (χ0n) is 12.5. The molecular weight excluding hydrogens is 339 g/mol. The van der Waals surface area contributed by atoms with Crippen LogP contribution in [0, 0.1) is 0 Å². The topological polar surface area (TPSA) is 59.9 Å². The molecule has 0 heterocycles. The number of benzene rings is 2. The maximum Gasteiger partial charge on any atom is 0.271 e. The molecule has 0 saturated carbocycles. The summed E-state index contributed by atoms with van der Waals surface area (Å²) >= 11 is 12.1. The molecule has 0 spiro atoms. The van der Waals surface area contributed by atoms with Gasteiger partial charge in [-0.05, 0) is 35.9 Å². The number of carbonyl (C=O) groups is 1. The van der Waals surface area contributed by atoms with E-state index in [1.165, 1.54) is 20.4 Å². The number of nitrogens with one attached hydrogen (secondary N) is 1. The third kappa shape index (κ3) is 4.37. The molecule has 0 saturated heterocycles. The molecule has 23 heavy (non-hydrogen) atoms. The number of methoxy groups -OCH3 is 2. The third-order valence-corrected chi connectivity index (χ3v) is 3.50. The molecule has 1 N–H and O–H groups in total. The standard InChI is InChI=1S/C16H14Cl2N2O3/c1-22-12-5-3-4-11(8-12)16(21)20-19-9-10-6-13(17)15(23-2)14(18)7-10/h3-9H,1-2H3,(H,20,21)/b19-9+. The van der Waals surface area contributed by atoms with Gasteiger partial charge in [0.1, 0.15) is 5.75 Å². The highest BCUT2D eigenvalue weighted by Crippen LogP contribution is 2.33. The van der Waals surface area contributed by atoms with E-state index in [-0.39, 0.29) is 5.91 Å². The predicted molar refractivity (Wildman–Crippen MR) is 91.1 cm³/mol. The normalized spacial score (nSPS) is 10.6. The van der Waals surface area contributed by atoms with Crippen LogP contribution in [-0.2, 0) is 0 Å². The molecule has 7 heteroatoms. The Morgan fingerprint density at radius 3 is 2.43 bits per heavy atom. The molecule has 5 nitrogen and oxygen atoms in total. The van der Waals surface area contributed by atoms with Gasteiger partial charge in [-0.25, -0.2) is 5.43 Å². The van der Waals surface area contributed by atoms with Gasteiger partial charge >= 0.3 is 0 Å². The van der Waals surface area contributed by atoms with E-state index in [4.69, 9.17) is 32.7 Å². The molecule has 0 radical (unpaired) electrons. The van der Waals surface area contributed by atoms with Crippen LogP contribution in [0.2, 0.25) is 10.0 Å². The first-order valence-corrected chi connectivity index (χ1v) is 7.31. The van der Waals surface area contributed by atoms with Crippen LogP contribution >= 0.6 is 23.2 Å². The lowest BCUT2D eigenvalue weighted by atomic mass is 10.2. The van der Waals surface area contributed by atoms with Crippen molar-refractivity contribution < 1.29 is 14.3 Å². The fourth-order valence-electron chi connectivity index (χ4n) is 1.84. The van der Waals surface area contributed by atoms with Crippen molar-refractivity contribution in [3.05, 3.63) is 57.6 Å². The highest BCUT2D eigenvalue weighted by molar-refractivity contribution is 6.37. The van der Waals surface area contributed by atoms with Crippen LogP contribution in [0.15, 0.2) is 41.5 Å². The lowest BCUT2D eigenvalue weighted by Crippen LogP contribution is -2.17. The van der Waals surface area contributed by atoms with Crippen LogP contribution in [0.5, 0.6) is 11.5 Å². The Morgan fingerprint density at radius 1 is 1.13 bits per heavy atom. The number of hydrogen-bond donors (Lipinski definition) is 1. The van der Waals surface area contributed by atoms with Crippen molar-refractivity contribution in [3.8, 4) is 11.5 Å². The summed E-state index contributed by atoms with van der Waals surface area (Å²) in [6.45, 7) is 0. The second-order valence-corrected chi connectivity index (χ2v) is 5.26. The first-order valence-electron chi connectivity index (χ1n) is 6.55. The van der Waals surface area contributed by atoms with E-state index >= 15 is 0 Å². The van der Waals surface area contributed by atoms with E-state index in [2.05, 4.69) is 10.5 Å². The van der Waals surface area contributed by atoms with E-state index in [0.717, 1.165) is 0 Å². The molecule has 0 unspecified atom stereocenters. The van der Waals surface area contributed by atoms with Gasteiger partial charge in [0.15, 0.2) is 5.75 Å². The number of carbonyl (C=O) groups excluding carboxylic acids is 1. The molecule has 0 aliphatic heterocycles. The summed E-state index contributed by atoms with van der Waals surface area (Å²) in [5, 5.41) is 4.61. The first kappa shape index (κ1) is 17.1. The third-order valence-electron chi connectivity index (χ3n) is 2.94. The maximum absolute atomic E-state index is 12.0. The molecule has 2 aromatic carbocycles. The van der Waals surface area contributed by atoms with Crippen LogP contribution in [0.1, 0.15) is 15.9 Å². The molecule has 120 valence electrons. The van der Waals surface area contributed by atoms with Crippen molar-refractivity contribution in [2.45, 2.75) is 0 Å². The summed E-state index contributed by atoms with van der Waals surface area (Å²) in [7, 11) is 3.02. The molecule has 0 atom stereocenters. The number of hydrazone groups is 1. The SMILES string of the molecule is COc1cccc(C(=O)N/N=C/c2cc(Cl)c(OC)c(Cl)c2)c1. The van der Waals surface area contributed by atoms with E-state index in [1.807, 2.05) is 0 Å². The predicted octanol–water partition coefficient (Wildman–Crippen LogP) is 3.77. The van der Waals surface area contributed by atoms with Crippen LogP contribution in [0.25, 0.3) is 0 Å². The van der Waals surface area contributed by atoms with Crippen molar-refractivity contribution in [2.24, 2.45) is 5.10 Å². The number of rotatable bonds is 5. The second-order valence-electron chi connectivity index (χ2n) is 4.45. The summed E-state index contributed by atoms with van der Waals surface area (Å²) in [6.07, 6.45) is 1.44. The molecule has 0 aliphatic rings. The molecule has 0 aliphatic carbocycles. The molecule has 2 aromatic rings. The fraction of sp³-hybridized carbons (Fsp3) is 0.125. The number of halogens is 2. The minimum Gasteiger partial charge on any atom is -0.497 e. The zero-order valence-corrected chi connectivity index (χ0v) is 14.0. The van der Waals surface area contributed by atoms with Crippen molar-refractivity contribution in [2.75, 3.05) is 14.2 Å². The van der Waals surface area contributed by atoms with E-state index in [0.29, 0.717) is 32.7 Å². The summed E-state index contributed by atoms with van der Waals surface area (Å²) < 4.78 is 10.1. The van der Waals surface area contributed by atoms with Crippen molar-refractivity contribution in [1.29, 1.82) is 0 Å².